The van der Waals surface area contributed by atoms with Crippen molar-refractivity contribution >= 4 is 61.8 Å². The molecule has 2 atom stereocenters. The number of urea groups is 2. The van der Waals surface area contributed by atoms with Crippen LogP contribution in [0.3, 0.4) is 0 Å². The van der Waals surface area contributed by atoms with E-state index in [2.05, 4.69) is 31.9 Å². The Morgan fingerprint density at radius 1 is 0.837 bits per heavy atom. The standard InChI is InChI=1S/C54H68F2N10O8.C4H10N2O.CH3F.CH3OP/c1-36(2)48(62-44(67)15-10-7-11-27-65-46(69)22-23-47(65)70)51(71)59-32-45(68)60-40-19-16-38(17-20-40)35-74-52(72)58-24-12-28-66(53(73)63-29-25-57-26-30-63)49(54(3,4)5)50-61-43(41-31-39(55)18-21-42(41)56)34-64(50)33-37-13-8-6-9-14-37;1-2-3-6-4(5)7;1-2;1-3-2/h6,8-9,13-14,16-23,31,34,36,48-49,57H,7,10-12,15,24-30,32-33,35H2,1-5H3,(H,58,72)(H,59,71)(H,60,68)(H,62,67);2-3H2,1H3,(H3,5,6,7);1H3;1H3. The first-order chi connectivity index (χ1) is 41.1. The van der Waals surface area contributed by atoms with E-state index < -0.39 is 53.1 Å². The molecule has 0 aliphatic carbocycles. The van der Waals surface area contributed by atoms with E-state index >= 15 is 4.39 Å². The van der Waals surface area contributed by atoms with Gasteiger partial charge in [0.05, 0.1) is 25.5 Å². The van der Waals surface area contributed by atoms with Crippen molar-refractivity contribution < 1.29 is 60.8 Å². The number of alkyl halides is 1. The van der Waals surface area contributed by atoms with E-state index in [1.165, 1.54) is 12.2 Å². The topological polar surface area (TPSA) is 289 Å². The summed E-state index contributed by atoms with van der Waals surface area (Å²) in [4.78, 5) is 109. The number of nitrogens with zero attached hydrogens (tertiary/aromatic N) is 5. The zero-order chi connectivity index (χ0) is 63.8. The third-order valence-electron chi connectivity index (χ3n) is 13.1. The van der Waals surface area contributed by atoms with Crippen molar-refractivity contribution in [3.8, 4) is 11.3 Å². The third kappa shape index (κ3) is 24.8. The highest BCUT2D eigenvalue weighted by Crippen LogP contribution is 2.40. The number of hydrogen-bond donors (Lipinski definition) is 7. The van der Waals surface area contributed by atoms with Gasteiger partial charge in [0, 0.05) is 102 Å². The number of aromatic nitrogens is 2. The minimum Gasteiger partial charge on any atom is -0.445 e. The van der Waals surface area contributed by atoms with E-state index in [1.807, 2.05) is 62.6 Å². The quantitative estimate of drug-likeness (QED) is 0.0190. The Balaban J connectivity index is 0.00000147. The monoisotopic (exact) mass is 1220 g/mol. The maximum atomic E-state index is 15.3. The van der Waals surface area contributed by atoms with Crippen LogP contribution < -0.4 is 37.6 Å². The number of nitrogens with two attached hydrogens (primary N) is 1. The van der Waals surface area contributed by atoms with E-state index in [0.717, 1.165) is 35.1 Å². The van der Waals surface area contributed by atoms with Gasteiger partial charge in [0.2, 0.25) is 17.7 Å². The number of primary amides is 1. The maximum absolute atomic E-state index is 15.3. The molecule has 6 rings (SSSR count). The van der Waals surface area contributed by atoms with Crippen molar-refractivity contribution in [2.45, 2.75) is 105 Å². The number of anilines is 1. The Bertz CT molecular complexity index is 2850. The lowest BCUT2D eigenvalue weighted by Crippen LogP contribution is -2.54. The molecule has 0 saturated carbocycles. The van der Waals surface area contributed by atoms with E-state index in [1.54, 1.807) is 60.8 Å². The molecule has 2 aliphatic rings. The van der Waals surface area contributed by atoms with Crippen molar-refractivity contribution in [1.29, 1.82) is 0 Å². The molecule has 2 unspecified atom stereocenters. The van der Waals surface area contributed by atoms with Crippen LogP contribution in [-0.4, -0.2) is 151 Å². The summed E-state index contributed by atoms with van der Waals surface area (Å²) in [5, 5.41) is 16.5. The van der Waals surface area contributed by atoms with Gasteiger partial charge in [-0.3, -0.25) is 37.8 Å². The number of benzene rings is 3. The van der Waals surface area contributed by atoms with E-state index in [4.69, 9.17) is 20.0 Å². The van der Waals surface area contributed by atoms with E-state index in [0.29, 0.717) is 89.2 Å². The number of imide groups is 1. The Morgan fingerprint density at radius 3 is 2.08 bits per heavy atom. The zero-order valence-electron chi connectivity index (χ0n) is 50.4. The molecule has 0 bridgehead atoms. The van der Waals surface area contributed by atoms with Crippen molar-refractivity contribution in [1.82, 2.24) is 50.8 Å². The number of unbranched alkanes of at least 4 members (excludes halogenated alkanes) is 2. The van der Waals surface area contributed by atoms with Gasteiger partial charge in [0.25, 0.3) is 11.8 Å². The number of piperazine rings is 1. The van der Waals surface area contributed by atoms with Crippen molar-refractivity contribution in [2.24, 2.45) is 17.1 Å². The molecule has 10 amide bonds. The summed E-state index contributed by atoms with van der Waals surface area (Å²) in [6.07, 6.45) is 6.58. The minimum atomic E-state index is -0.871. The molecule has 4 aromatic rings. The SMILES string of the molecule is CC(C)C(NC(=O)CCCCCN1C(=O)C=CC1=O)C(=O)NCC(=O)Nc1ccc(COC(=O)NCCCN(C(=O)N2CCNCC2)C(c2nc(-c3cc(F)ccc3F)cn2Cc2ccccc2)C(C)(C)C)cc1.CCCNC(N)=O.CF.CP=O. The minimum absolute atomic E-state index is 0.00474. The summed E-state index contributed by atoms with van der Waals surface area (Å²) in [6.45, 7) is 16.6. The summed E-state index contributed by atoms with van der Waals surface area (Å²) in [5.41, 5.74) is 6.39. The van der Waals surface area contributed by atoms with Crippen LogP contribution in [0.4, 0.5) is 33.2 Å². The van der Waals surface area contributed by atoms with E-state index in [9.17, 15) is 47.1 Å². The molecule has 8 N–H and O–H groups in total. The number of rotatable bonds is 25. The number of nitrogens with one attached hydrogen (secondary N) is 6. The molecular weight excluding hydrogens is 1140 g/mol. The van der Waals surface area contributed by atoms with Crippen molar-refractivity contribution in [2.75, 3.05) is 78.1 Å². The molecule has 1 saturated heterocycles. The summed E-state index contributed by atoms with van der Waals surface area (Å²) in [5.74, 6) is -3.02. The number of alkyl carbamates (subject to hydrolysis) is 1. The fourth-order valence-electron chi connectivity index (χ4n) is 8.97. The second-order valence-electron chi connectivity index (χ2n) is 21.3. The van der Waals surface area contributed by atoms with Gasteiger partial charge in [0.1, 0.15) is 30.1 Å². The van der Waals surface area contributed by atoms with Gasteiger partial charge in [0.15, 0.2) is 8.46 Å². The van der Waals surface area contributed by atoms with Crippen molar-refractivity contribution in [3.63, 3.8) is 0 Å². The van der Waals surface area contributed by atoms with Crippen LogP contribution in [-0.2, 0) is 46.4 Å². The Labute approximate surface area is 503 Å². The number of halogens is 3. The normalized spacial score (nSPS) is 13.4. The van der Waals surface area contributed by atoms with Gasteiger partial charge in [-0.25, -0.2) is 28.1 Å². The molecule has 470 valence electrons. The highest BCUT2D eigenvalue weighted by Gasteiger charge is 2.40. The van der Waals surface area contributed by atoms with Crippen LogP contribution in [0.2, 0.25) is 0 Å². The number of amides is 10. The fourth-order valence-corrected chi connectivity index (χ4v) is 8.97. The summed E-state index contributed by atoms with van der Waals surface area (Å²) >= 11 is 0. The highest BCUT2D eigenvalue weighted by atomic mass is 31.1. The Hall–Kier alpha value is -8.18. The molecule has 0 spiro atoms. The molecular formula is C60H84F3N12O10P. The fraction of sp³-hybridized carbons (Fsp3) is 0.483. The summed E-state index contributed by atoms with van der Waals surface area (Å²) < 4.78 is 55.6. The number of imidazole rings is 1. The first kappa shape index (κ1) is 72.1. The molecule has 22 nitrogen and oxygen atoms in total. The largest absolute Gasteiger partial charge is 0.445 e. The Morgan fingerprint density at radius 2 is 1.49 bits per heavy atom. The molecule has 1 aromatic heterocycles. The lowest BCUT2D eigenvalue weighted by molar-refractivity contribution is -0.137. The molecule has 86 heavy (non-hydrogen) atoms. The molecule has 3 heterocycles. The van der Waals surface area contributed by atoms with Crippen LogP contribution in [0.1, 0.15) is 103 Å². The van der Waals surface area contributed by atoms with Crippen LogP contribution in [0.25, 0.3) is 11.3 Å². The number of ether oxygens (including phenoxy) is 1. The van der Waals surface area contributed by atoms with Crippen LogP contribution in [0.5, 0.6) is 0 Å². The first-order valence-corrected chi connectivity index (χ1v) is 29.7. The lowest BCUT2D eigenvalue weighted by atomic mass is 9.84. The predicted molar refractivity (Wildman–Crippen MR) is 322 cm³/mol. The molecule has 3 aromatic carbocycles. The summed E-state index contributed by atoms with van der Waals surface area (Å²) in [6, 6.07) is 17.4. The van der Waals surface area contributed by atoms with Gasteiger partial charge in [-0.1, -0.05) is 90.4 Å². The third-order valence-corrected chi connectivity index (χ3v) is 13.1. The van der Waals surface area contributed by atoms with Crippen molar-refractivity contribution in [3.05, 3.63) is 120 Å². The van der Waals surface area contributed by atoms with Gasteiger partial charge in [-0.15, -0.1) is 0 Å². The lowest BCUT2D eigenvalue weighted by Gasteiger charge is -2.43. The second kappa shape index (κ2) is 38.0. The molecule has 0 radical (unpaired) electrons. The van der Waals surface area contributed by atoms with Crippen LogP contribution in [0.15, 0.2) is 91.1 Å². The molecule has 26 heteroatoms. The first-order valence-electron chi connectivity index (χ1n) is 28.4. The number of hydrogen-bond acceptors (Lipinski definition) is 12. The Kier molecular flexibility index (Phi) is 31.8. The maximum Gasteiger partial charge on any atom is 0.407 e. The van der Waals surface area contributed by atoms with Gasteiger partial charge in [-0.2, -0.15) is 0 Å². The molecule has 1 fully saturated rings. The average Bonchev–Trinajstić information content (AvgIpc) is 1.69. The second-order valence-corrected chi connectivity index (χ2v) is 21.6. The zero-order valence-corrected chi connectivity index (χ0v) is 51.3. The van der Waals surface area contributed by atoms with Gasteiger partial charge in [-0.05, 0) is 78.5 Å². The van der Waals surface area contributed by atoms with Crippen LogP contribution >= 0.6 is 8.46 Å². The van der Waals surface area contributed by atoms with Gasteiger partial charge < -0.3 is 56.7 Å². The van der Waals surface area contributed by atoms with Crippen LogP contribution in [0, 0.1) is 23.0 Å². The average molecular weight is 1220 g/mol. The predicted octanol–water partition coefficient (Wildman–Crippen LogP) is 7.85. The smallest absolute Gasteiger partial charge is 0.407 e. The van der Waals surface area contributed by atoms with Gasteiger partial charge >= 0.3 is 18.2 Å². The van der Waals surface area contributed by atoms with E-state index in [-0.39, 0.29) is 88.6 Å². The number of carbonyl (C=O) groups is 8. The number of carbonyl (C=O) groups excluding carboxylic acids is 8. The molecule has 2 aliphatic heterocycles. The summed E-state index contributed by atoms with van der Waals surface area (Å²) in [7, 11) is 0.667. The highest BCUT2D eigenvalue weighted by molar-refractivity contribution is 7.22.